The lowest BCUT2D eigenvalue weighted by Gasteiger charge is -1.91. The molecule has 0 aliphatic carbocycles. The predicted octanol–water partition coefficient (Wildman–Crippen LogP) is 3.08. The lowest BCUT2D eigenvalue weighted by atomic mass is 10.2. The van der Waals surface area contributed by atoms with Crippen molar-refractivity contribution in [3.8, 4) is 0 Å². The molecule has 0 aliphatic rings. The summed E-state index contributed by atoms with van der Waals surface area (Å²) in [7, 11) is 0. The van der Waals surface area contributed by atoms with E-state index in [1.165, 1.54) is 0 Å². The van der Waals surface area contributed by atoms with E-state index in [1.54, 1.807) is 0 Å². The SMILES string of the molecule is CC.[3H]C(=NOCC)c1ccccc1. The zero-order chi connectivity index (χ0) is 10.8. The van der Waals surface area contributed by atoms with Crippen LogP contribution in [0.15, 0.2) is 35.5 Å². The Morgan fingerprint density at radius 1 is 1.38 bits per heavy atom. The molecule has 0 radical (unpaired) electrons. The highest BCUT2D eigenvalue weighted by Gasteiger charge is 1.81. The second-order valence-corrected chi connectivity index (χ2v) is 1.99. The quantitative estimate of drug-likeness (QED) is 0.518. The fourth-order valence-electron chi connectivity index (χ4n) is 0.662. The first kappa shape index (κ1) is 9.78. The molecule has 1 aromatic carbocycles. The molecule has 1 aromatic rings. The molecular formula is C11H17NO. The van der Waals surface area contributed by atoms with Crippen molar-refractivity contribution in [1.29, 1.82) is 0 Å². The molecule has 0 spiro atoms. The highest BCUT2D eigenvalue weighted by molar-refractivity contribution is 5.78. The van der Waals surface area contributed by atoms with Crippen molar-refractivity contribution < 1.29 is 6.21 Å². The molecule has 0 heterocycles. The van der Waals surface area contributed by atoms with Crippen molar-refractivity contribution in [3.05, 3.63) is 35.9 Å². The molecular weight excluding hydrogens is 162 g/mol. The van der Waals surface area contributed by atoms with Gasteiger partial charge in [0.1, 0.15) is 6.61 Å². The van der Waals surface area contributed by atoms with Crippen molar-refractivity contribution in [2.75, 3.05) is 6.61 Å². The Kier molecular flexibility index (Phi) is 6.60. The minimum absolute atomic E-state index is 0.164. The number of nitrogens with zero attached hydrogens (tertiary/aromatic N) is 1. The normalized spacial score (nSPS) is 11.0. The Bertz CT molecular complexity index is 259. The third-order valence-electron chi connectivity index (χ3n) is 1.14. The van der Waals surface area contributed by atoms with Crippen molar-refractivity contribution in [1.82, 2.24) is 0 Å². The van der Waals surface area contributed by atoms with Crippen LogP contribution in [0.1, 0.15) is 27.7 Å². The van der Waals surface area contributed by atoms with Crippen LogP contribution in [0.3, 0.4) is 0 Å². The van der Waals surface area contributed by atoms with Crippen LogP contribution >= 0.6 is 0 Å². The van der Waals surface area contributed by atoms with Gasteiger partial charge < -0.3 is 4.84 Å². The smallest absolute Gasteiger partial charge is 0.114 e. The predicted molar refractivity (Wildman–Crippen MR) is 57.0 cm³/mol. The van der Waals surface area contributed by atoms with Crippen LogP contribution in [-0.4, -0.2) is 12.8 Å². The molecule has 2 nitrogen and oxygen atoms in total. The first-order valence-electron chi connectivity index (χ1n) is 5.06. The molecule has 0 saturated carbocycles. The highest BCUT2D eigenvalue weighted by Crippen LogP contribution is 1.93. The molecule has 0 fully saturated rings. The molecule has 0 bridgehead atoms. The van der Waals surface area contributed by atoms with Crippen LogP contribution in [0, 0.1) is 0 Å². The second kappa shape index (κ2) is 8.78. The molecule has 1 rings (SSSR count). The fraction of sp³-hybridized carbons (Fsp3) is 0.364. The molecule has 0 saturated heterocycles. The lowest BCUT2D eigenvalue weighted by Crippen LogP contribution is -1.82. The van der Waals surface area contributed by atoms with E-state index < -0.39 is 0 Å². The molecule has 0 aromatic heterocycles. The number of rotatable bonds is 3. The zero-order valence-electron chi connectivity index (χ0n) is 9.45. The van der Waals surface area contributed by atoms with Gasteiger partial charge in [-0.05, 0) is 12.5 Å². The van der Waals surface area contributed by atoms with E-state index in [9.17, 15) is 0 Å². The van der Waals surface area contributed by atoms with E-state index in [0.29, 0.717) is 6.61 Å². The van der Waals surface area contributed by atoms with Gasteiger partial charge in [-0.1, -0.05) is 49.3 Å². The van der Waals surface area contributed by atoms with E-state index in [0.717, 1.165) is 5.56 Å². The zero-order valence-corrected chi connectivity index (χ0v) is 8.45. The number of hydrogen-bond acceptors (Lipinski definition) is 2. The van der Waals surface area contributed by atoms with Crippen LogP contribution in [0.25, 0.3) is 0 Å². The summed E-state index contributed by atoms with van der Waals surface area (Å²) in [6.45, 7) is 6.33. The summed E-state index contributed by atoms with van der Waals surface area (Å²) < 4.78 is 7.44. The van der Waals surface area contributed by atoms with E-state index in [4.69, 9.17) is 6.21 Å². The monoisotopic (exact) mass is 181 g/mol. The van der Waals surface area contributed by atoms with Gasteiger partial charge in [-0.15, -0.1) is 0 Å². The lowest BCUT2D eigenvalue weighted by molar-refractivity contribution is 0.160. The molecule has 2 heteroatoms. The molecule has 72 valence electrons. The number of oxime groups is 1. The molecule has 0 aliphatic heterocycles. The van der Waals surface area contributed by atoms with Gasteiger partial charge in [0.25, 0.3) is 0 Å². The van der Waals surface area contributed by atoms with E-state index in [1.807, 2.05) is 51.1 Å². The number of benzene rings is 1. The Balaban J connectivity index is 0.000000791. The van der Waals surface area contributed by atoms with E-state index in [-0.39, 0.29) is 6.19 Å². The average molecular weight is 181 g/mol. The largest absolute Gasteiger partial charge is 0.396 e. The summed E-state index contributed by atoms with van der Waals surface area (Å²) in [6, 6.07) is 9.28. The van der Waals surface area contributed by atoms with Crippen molar-refractivity contribution in [2.45, 2.75) is 20.8 Å². The summed E-state index contributed by atoms with van der Waals surface area (Å²) in [5.41, 5.74) is 0.769. The molecule has 0 N–H and O–H groups in total. The fourth-order valence-corrected chi connectivity index (χ4v) is 0.662. The maximum Gasteiger partial charge on any atom is 0.114 e. The Labute approximate surface area is 81.6 Å². The van der Waals surface area contributed by atoms with Gasteiger partial charge in [-0.2, -0.15) is 0 Å². The molecule has 13 heavy (non-hydrogen) atoms. The summed E-state index contributed by atoms with van der Waals surface area (Å²) in [5, 5.41) is 3.60. The summed E-state index contributed by atoms with van der Waals surface area (Å²) >= 11 is 0. The van der Waals surface area contributed by atoms with Crippen molar-refractivity contribution in [3.63, 3.8) is 0 Å². The topological polar surface area (TPSA) is 21.6 Å². The maximum absolute atomic E-state index is 7.44. The van der Waals surface area contributed by atoms with Crippen LogP contribution in [0.4, 0.5) is 0 Å². The van der Waals surface area contributed by atoms with Crippen LogP contribution in [-0.2, 0) is 4.84 Å². The molecule has 0 amide bonds. The average Bonchev–Trinajstić information content (AvgIpc) is 2.30. The molecule has 0 unspecified atom stereocenters. The van der Waals surface area contributed by atoms with E-state index >= 15 is 0 Å². The van der Waals surface area contributed by atoms with Crippen LogP contribution < -0.4 is 0 Å². The standard InChI is InChI=1S/C9H11NO.C2H6/c1-2-11-10-8-9-6-4-3-5-7-9;1-2/h3-8H,2H2,1H3;1-2H3/i8T;. The summed E-state index contributed by atoms with van der Waals surface area (Å²) in [5.74, 6) is 0. The van der Waals surface area contributed by atoms with Gasteiger partial charge >= 0.3 is 0 Å². The third-order valence-corrected chi connectivity index (χ3v) is 1.14. The minimum Gasteiger partial charge on any atom is -0.396 e. The number of hydrogen-bond donors (Lipinski definition) is 0. The summed E-state index contributed by atoms with van der Waals surface area (Å²) in [6.07, 6.45) is 0.164. The van der Waals surface area contributed by atoms with Gasteiger partial charge in [0.2, 0.25) is 0 Å². The summed E-state index contributed by atoms with van der Waals surface area (Å²) in [4.78, 5) is 4.75. The Morgan fingerprint density at radius 2 is 2.00 bits per heavy atom. The van der Waals surface area contributed by atoms with Crippen LogP contribution in [0.5, 0.6) is 0 Å². The maximum atomic E-state index is 7.44. The van der Waals surface area contributed by atoms with Gasteiger partial charge in [0.05, 0.1) is 7.56 Å². The highest BCUT2D eigenvalue weighted by atomic mass is 16.6. The second-order valence-electron chi connectivity index (χ2n) is 1.99. The van der Waals surface area contributed by atoms with Crippen molar-refractivity contribution in [2.24, 2.45) is 5.16 Å². The van der Waals surface area contributed by atoms with Crippen LogP contribution in [0.2, 0.25) is 0 Å². The Hall–Kier alpha value is -1.31. The Morgan fingerprint density at radius 3 is 2.54 bits per heavy atom. The first-order valence-corrected chi connectivity index (χ1v) is 4.56. The van der Waals surface area contributed by atoms with Crippen molar-refractivity contribution >= 4 is 6.19 Å². The molecule has 0 atom stereocenters. The van der Waals surface area contributed by atoms with Gasteiger partial charge in [0.15, 0.2) is 0 Å². The van der Waals surface area contributed by atoms with Gasteiger partial charge in [-0.25, -0.2) is 0 Å². The third kappa shape index (κ3) is 5.91. The van der Waals surface area contributed by atoms with Gasteiger partial charge in [0, 0.05) is 0 Å². The first-order chi connectivity index (χ1) is 6.84. The van der Waals surface area contributed by atoms with E-state index in [2.05, 4.69) is 5.16 Å². The minimum atomic E-state index is 0.164. The van der Waals surface area contributed by atoms with Gasteiger partial charge in [-0.3, -0.25) is 0 Å².